The number of nitrogens with zero attached hydrogens (tertiary/aromatic N) is 5. The molecule has 4 aliphatic rings. The SMILES string of the molecule is Cc1cc2[nH]ncc2c(-c2c(F)cc3c(N4CC5CCC(C4)N5)nc(OCC45CCCN4C[C@H](F)C5)nc3c2F)c1OC(F)(F)Cl. The molecule has 0 aliphatic carbocycles. The number of benzene rings is 2. The molecule has 0 radical (unpaired) electrons. The maximum Gasteiger partial charge on any atom is 0.487 e. The number of H-pyrrole nitrogens is 1. The van der Waals surface area contributed by atoms with Crippen molar-refractivity contribution in [1.29, 1.82) is 0 Å². The van der Waals surface area contributed by atoms with E-state index in [-0.39, 0.29) is 52.1 Å². The number of ether oxygens (including phenoxy) is 2. The first-order valence-electron chi connectivity index (χ1n) is 15.4. The summed E-state index contributed by atoms with van der Waals surface area (Å²) in [6.07, 6.45) is 4.21. The van der Waals surface area contributed by atoms with E-state index in [4.69, 9.17) is 21.1 Å². The molecule has 2 aromatic heterocycles. The summed E-state index contributed by atoms with van der Waals surface area (Å²) in [5, 5.41) is 10.5. The summed E-state index contributed by atoms with van der Waals surface area (Å²) in [4.78, 5) is 13.2. The zero-order valence-corrected chi connectivity index (χ0v) is 25.6. The third-order valence-electron chi connectivity index (χ3n) is 9.94. The van der Waals surface area contributed by atoms with Gasteiger partial charge in [-0.05, 0) is 56.8 Å². The summed E-state index contributed by atoms with van der Waals surface area (Å²) in [6.45, 7) is 3.78. The van der Waals surface area contributed by atoms with Crippen LogP contribution in [0.2, 0.25) is 0 Å². The van der Waals surface area contributed by atoms with Crippen LogP contribution in [0.1, 0.15) is 37.7 Å². The Morgan fingerprint density at radius 2 is 1.87 bits per heavy atom. The number of aromatic nitrogens is 4. The van der Waals surface area contributed by atoms with E-state index in [0.717, 1.165) is 38.3 Å². The molecule has 6 heterocycles. The molecule has 0 spiro atoms. The highest BCUT2D eigenvalue weighted by Gasteiger charge is 2.49. The van der Waals surface area contributed by atoms with E-state index in [9.17, 15) is 13.2 Å². The van der Waals surface area contributed by atoms with Gasteiger partial charge in [0.1, 0.15) is 35.7 Å². The first-order valence-corrected chi connectivity index (χ1v) is 15.8. The van der Waals surface area contributed by atoms with Crippen molar-refractivity contribution in [3.8, 4) is 22.9 Å². The molecule has 4 atom stereocenters. The summed E-state index contributed by atoms with van der Waals surface area (Å²) in [5.74, 6) is -2.33. The lowest BCUT2D eigenvalue weighted by molar-refractivity contribution is -0.0964. The van der Waals surface area contributed by atoms with E-state index < -0.39 is 40.2 Å². The topological polar surface area (TPSA) is 91.4 Å². The smallest absolute Gasteiger partial charge is 0.461 e. The average molecular weight is 664 g/mol. The van der Waals surface area contributed by atoms with Crippen LogP contribution in [-0.4, -0.2) is 87.2 Å². The van der Waals surface area contributed by atoms with Crippen molar-refractivity contribution in [1.82, 2.24) is 30.4 Å². The molecule has 46 heavy (non-hydrogen) atoms. The fourth-order valence-electron chi connectivity index (χ4n) is 8.01. The van der Waals surface area contributed by atoms with Crippen LogP contribution in [-0.2, 0) is 0 Å². The lowest BCUT2D eigenvalue weighted by atomic mass is 9.95. The largest absolute Gasteiger partial charge is 0.487 e. The van der Waals surface area contributed by atoms with E-state index in [0.29, 0.717) is 37.4 Å². The van der Waals surface area contributed by atoms with E-state index in [2.05, 4.69) is 30.4 Å². The van der Waals surface area contributed by atoms with Gasteiger partial charge in [-0.1, -0.05) is 0 Å². The quantitative estimate of drug-likeness (QED) is 0.189. The number of anilines is 1. The molecule has 4 saturated heterocycles. The highest BCUT2D eigenvalue weighted by atomic mass is 35.5. The van der Waals surface area contributed by atoms with Gasteiger partial charge < -0.3 is 19.7 Å². The number of halogens is 6. The second-order valence-electron chi connectivity index (χ2n) is 13.0. The van der Waals surface area contributed by atoms with Gasteiger partial charge in [0.25, 0.3) is 0 Å². The predicted octanol–water partition coefficient (Wildman–Crippen LogP) is 5.82. The van der Waals surface area contributed by atoms with Crippen molar-refractivity contribution < 1.29 is 31.4 Å². The molecular weight excluding hydrogens is 633 g/mol. The van der Waals surface area contributed by atoms with Crippen LogP contribution in [0.4, 0.5) is 27.8 Å². The summed E-state index contributed by atoms with van der Waals surface area (Å²) >= 11 is 5.15. The first kappa shape index (κ1) is 29.9. The van der Waals surface area contributed by atoms with E-state index in [1.807, 2.05) is 4.90 Å². The Morgan fingerprint density at radius 3 is 2.63 bits per heavy atom. The molecule has 4 aromatic rings. The van der Waals surface area contributed by atoms with Gasteiger partial charge in [-0.3, -0.25) is 10.00 Å². The lowest BCUT2D eigenvalue weighted by Crippen LogP contribution is -2.51. The molecule has 2 bridgehead atoms. The number of hydrogen-bond acceptors (Lipinski definition) is 8. The number of aromatic amines is 1. The molecule has 244 valence electrons. The number of hydrogen-bond donors (Lipinski definition) is 2. The van der Waals surface area contributed by atoms with Crippen LogP contribution in [0.15, 0.2) is 18.3 Å². The van der Waals surface area contributed by atoms with Crippen LogP contribution >= 0.6 is 11.6 Å². The van der Waals surface area contributed by atoms with Gasteiger partial charge in [-0.15, -0.1) is 8.78 Å². The van der Waals surface area contributed by atoms with Crippen molar-refractivity contribution in [3.05, 3.63) is 35.5 Å². The standard InChI is InChI=1S/C31H31ClF5N7O2/c1-15-7-22-20(10-38-42-22)23(27(15)46-31(32,36)37)24-21(34)8-19-26(25(24)35)40-29(41-28(19)43-12-17-3-4-18(13-43)39-17)45-14-30-5-2-6-44(30)11-16(33)9-30/h7-8,10,16-18,39H,2-6,9,11-14H2,1H3,(H,38,42)/t16-,17?,18?,30?/m1/s1. The molecule has 0 saturated carbocycles. The van der Waals surface area contributed by atoms with Crippen molar-refractivity contribution >= 4 is 39.2 Å². The zero-order valence-electron chi connectivity index (χ0n) is 24.9. The summed E-state index contributed by atoms with van der Waals surface area (Å²) in [6, 6.07) is 2.84. The Balaban J connectivity index is 1.30. The van der Waals surface area contributed by atoms with E-state index in [1.165, 1.54) is 19.2 Å². The molecule has 4 aliphatic heterocycles. The van der Waals surface area contributed by atoms with Crippen LogP contribution in [0, 0.1) is 18.6 Å². The zero-order chi connectivity index (χ0) is 32.0. The Morgan fingerprint density at radius 1 is 1.09 bits per heavy atom. The maximum absolute atomic E-state index is 16.9. The molecular formula is C31H31ClF5N7O2. The molecule has 15 heteroatoms. The number of alkyl halides is 4. The van der Waals surface area contributed by atoms with Crippen LogP contribution in [0.25, 0.3) is 32.9 Å². The van der Waals surface area contributed by atoms with Gasteiger partial charge in [0.15, 0.2) is 5.82 Å². The Kier molecular flexibility index (Phi) is 7.00. The molecule has 9 nitrogen and oxygen atoms in total. The summed E-state index contributed by atoms with van der Waals surface area (Å²) in [5.41, 5.74) is -5.34. The Bertz CT molecular complexity index is 1840. The second kappa shape index (κ2) is 10.8. The van der Waals surface area contributed by atoms with Crippen LogP contribution in [0.3, 0.4) is 0 Å². The Hall–Kier alpha value is -3.49. The average Bonchev–Trinajstić information content (AvgIpc) is 3.76. The number of rotatable bonds is 7. The third-order valence-corrected chi connectivity index (χ3v) is 10.0. The molecule has 4 fully saturated rings. The second-order valence-corrected chi connectivity index (χ2v) is 13.4. The van der Waals surface area contributed by atoms with Gasteiger partial charge in [0.05, 0.1) is 22.8 Å². The molecule has 2 N–H and O–H groups in total. The minimum Gasteiger partial charge on any atom is -0.461 e. The normalized spacial score (nSPS) is 26.4. The highest BCUT2D eigenvalue weighted by molar-refractivity contribution is 6.21. The fraction of sp³-hybridized carbons (Fsp3) is 0.516. The first-order chi connectivity index (χ1) is 22.0. The van der Waals surface area contributed by atoms with Crippen LogP contribution < -0.4 is 19.7 Å². The van der Waals surface area contributed by atoms with Gasteiger partial charge in [0.2, 0.25) is 0 Å². The molecule has 8 rings (SSSR count). The maximum atomic E-state index is 16.9. The molecule has 3 unspecified atom stereocenters. The van der Waals surface area contributed by atoms with Gasteiger partial charge >= 0.3 is 11.6 Å². The summed E-state index contributed by atoms with van der Waals surface area (Å²) in [7, 11) is 0. The summed E-state index contributed by atoms with van der Waals surface area (Å²) < 4.78 is 86.7. The Labute approximate surface area is 265 Å². The number of nitrogens with one attached hydrogen (secondary N) is 2. The monoisotopic (exact) mass is 663 g/mol. The number of piperazine rings is 1. The number of aryl methyl sites for hydroxylation is 1. The lowest BCUT2D eigenvalue weighted by Gasteiger charge is -2.34. The minimum atomic E-state index is -4.16. The van der Waals surface area contributed by atoms with Crippen molar-refractivity contribution in [2.24, 2.45) is 0 Å². The fourth-order valence-corrected chi connectivity index (χ4v) is 8.09. The molecule has 2 aromatic carbocycles. The predicted molar refractivity (Wildman–Crippen MR) is 161 cm³/mol. The molecule has 0 amide bonds. The van der Waals surface area contributed by atoms with E-state index >= 15 is 8.78 Å². The number of fused-ring (bicyclic) bond motifs is 5. The third kappa shape index (κ3) is 5.00. The van der Waals surface area contributed by atoms with Gasteiger partial charge in [0, 0.05) is 66.1 Å². The van der Waals surface area contributed by atoms with Crippen molar-refractivity contribution in [3.63, 3.8) is 0 Å². The van der Waals surface area contributed by atoms with Gasteiger partial charge in [-0.25, -0.2) is 13.2 Å². The van der Waals surface area contributed by atoms with Gasteiger partial charge in [-0.2, -0.15) is 15.1 Å². The van der Waals surface area contributed by atoms with E-state index in [1.54, 1.807) is 0 Å². The van der Waals surface area contributed by atoms with Crippen molar-refractivity contribution in [2.45, 2.75) is 68.4 Å². The van der Waals surface area contributed by atoms with Crippen molar-refractivity contribution in [2.75, 3.05) is 37.7 Å². The van der Waals surface area contributed by atoms with Crippen LogP contribution in [0.5, 0.6) is 11.8 Å². The minimum absolute atomic E-state index is 0.108. The highest BCUT2D eigenvalue weighted by Crippen LogP contribution is 2.46.